The Labute approximate surface area is 204 Å². The number of hydrogen-bond acceptors (Lipinski definition) is 2. The Bertz CT molecular complexity index is 1640. The number of rotatable bonds is 4. The Hall–Kier alpha value is -4.18. The van der Waals surface area contributed by atoms with E-state index in [1.54, 1.807) is 12.1 Å². The van der Waals surface area contributed by atoms with E-state index in [1.165, 1.54) is 38.2 Å². The average Bonchev–Trinajstić information content (AvgIpc) is 2.92. The summed E-state index contributed by atoms with van der Waals surface area (Å²) in [6.45, 7) is 0. The van der Waals surface area contributed by atoms with Gasteiger partial charge in [0.2, 0.25) is 0 Å². The van der Waals surface area contributed by atoms with Gasteiger partial charge in [-0.05, 0) is 60.4 Å². The maximum atomic E-state index is 9.47. The molecule has 0 aliphatic rings. The molecule has 166 valence electrons. The van der Waals surface area contributed by atoms with E-state index in [4.69, 9.17) is 0 Å². The Morgan fingerprint density at radius 3 is 1.46 bits per heavy atom. The predicted octanol–water partition coefficient (Wildman–Crippen LogP) is 6.67. The summed E-state index contributed by atoms with van der Waals surface area (Å²) < 4.78 is 0. The molecular weight excluding hydrogens is 427 g/mol. The maximum Gasteiger partial charge on any atom is 0.488 e. The van der Waals surface area contributed by atoms with Crippen LogP contribution in [0.5, 0.6) is 0 Å². The summed E-state index contributed by atoms with van der Waals surface area (Å²) in [4.78, 5) is 0. The topological polar surface area (TPSA) is 40.5 Å². The van der Waals surface area contributed by atoms with Crippen LogP contribution in [0.3, 0.4) is 0 Å². The molecule has 3 heteroatoms. The molecule has 0 heterocycles. The van der Waals surface area contributed by atoms with Gasteiger partial charge in [-0.1, -0.05) is 127 Å². The first-order chi connectivity index (χ1) is 17.2. The zero-order chi connectivity index (χ0) is 23.8. The molecule has 6 rings (SSSR count). The van der Waals surface area contributed by atoms with Crippen molar-refractivity contribution in [3.05, 3.63) is 127 Å². The first-order valence-electron chi connectivity index (χ1n) is 11.8. The van der Waals surface area contributed by atoms with E-state index >= 15 is 0 Å². The van der Waals surface area contributed by atoms with Crippen molar-refractivity contribution in [3.8, 4) is 33.4 Å². The van der Waals surface area contributed by atoms with E-state index in [0.717, 1.165) is 16.7 Å². The predicted molar refractivity (Wildman–Crippen MR) is 148 cm³/mol. The Morgan fingerprint density at radius 2 is 0.857 bits per heavy atom. The second-order valence-corrected chi connectivity index (χ2v) is 8.81. The van der Waals surface area contributed by atoms with Crippen LogP contribution in [0.15, 0.2) is 127 Å². The number of benzene rings is 6. The van der Waals surface area contributed by atoms with E-state index in [2.05, 4.69) is 103 Å². The third-order valence-corrected chi connectivity index (χ3v) is 6.72. The third-order valence-electron chi connectivity index (χ3n) is 6.72. The zero-order valence-electron chi connectivity index (χ0n) is 19.1. The highest BCUT2D eigenvalue weighted by atomic mass is 16.4. The second-order valence-electron chi connectivity index (χ2n) is 8.81. The van der Waals surface area contributed by atoms with Gasteiger partial charge in [-0.2, -0.15) is 0 Å². The summed E-state index contributed by atoms with van der Waals surface area (Å²) in [6, 6.07) is 43.9. The molecule has 0 amide bonds. The van der Waals surface area contributed by atoms with Gasteiger partial charge in [-0.25, -0.2) is 0 Å². The minimum absolute atomic E-state index is 0.484. The van der Waals surface area contributed by atoms with E-state index in [9.17, 15) is 10.0 Å². The summed E-state index contributed by atoms with van der Waals surface area (Å²) in [5.74, 6) is 0. The lowest BCUT2D eigenvalue weighted by Crippen LogP contribution is -2.29. The van der Waals surface area contributed by atoms with E-state index < -0.39 is 7.12 Å². The van der Waals surface area contributed by atoms with Crippen molar-refractivity contribution in [1.82, 2.24) is 0 Å². The molecule has 0 aromatic heterocycles. The highest BCUT2D eigenvalue weighted by Crippen LogP contribution is 2.37. The van der Waals surface area contributed by atoms with Crippen molar-refractivity contribution >= 4 is 34.1 Å². The van der Waals surface area contributed by atoms with Crippen LogP contribution in [0.4, 0.5) is 0 Å². The van der Waals surface area contributed by atoms with Crippen molar-refractivity contribution in [2.75, 3.05) is 0 Å². The van der Waals surface area contributed by atoms with Crippen molar-refractivity contribution in [2.45, 2.75) is 0 Å². The highest BCUT2D eigenvalue weighted by Gasteiger charge is 2.13. The summed E-state index contributed by atoms with van der Waals surface area (Å²) in [7, 11) is -1.47. The standard InChI is InChI=1S/C32H23BO2/c34-33(35)27-20-18-25(19-21-27)31-13-5-9-26-8-4-12-30(32(26)31)24-16-14-23(15-17-24)29-11-3-7-22-6-1-2-10-28(22)29/h1-21,34-35H. The molecular formula is C32H23BO2. The van der Waals surface area contributed by atoms with Gasteiger partial charge in [-0.3, -0.25) is 0 Å². The normalized spacial score (nSPS) is 11.1. The third kappa shape index (κ3) is 3.91. The molecule has 0 atom stereocenters. The summed E-state index contributed by atoms with van der Waals surface area (Å²) in [5, 5.41) is 23.8. The fourth-order valence-corrected chi connectivity index (χ4v) is 4.96. The van der Waals surface area contributed by atoms with E-state index in [0.29, 0.717) is 5.46 Å². The monoisotopic (exact) mass is 450 g/mol. The van der Waals surface area contributed by atoms with Gasteiger partial charge in [0.1, 0.15) is 0 Å². The van der Waals surface area contributed by atoms with Crippen LogP contribution >= 0.6 is 0 Å². The summed E-state index contributed by atoms with van der Waals surface area (Å²) >= 11 is 0. The second kappa shape index (κ2) is 8.88. The van der Waals surface area contributed by atoms with Crippen molar-refractivity contribution < 1.29 is 10.0 Å². The van der Waals surface area contributed by atoms with Gasteiger partial charge in [0.25, 0.3) is 0 Å². The largest absolute Gasteiger partial charge is 0.488 e. The average molecular weight is 450 g/mol. The molecule has 0 bridgehead atoms. The molecule has 0 spiro atoms. The molecule has 6 aromatic carbocycles. The van der Waals surface area contributed by atoms with Crippen molar-refractivity contribution in [1.29, 1.82) is 0 Å². The van der Waals surface area contributed by atoms with Crippen LogP contribution in [-0.2, 0) is 0 Å². The number of hydrogen-bond donors (Lipinski definition) is 2. The molecule has 0 aliphatic carbocycles. The SMILES string of the molecule is OB(O)c1ccc(-c2cccc3cccc(-c4ccc(-c5cccc6ccccc56)cc4)c23)cc1. The minimum Gasteiger partial charge on any atom is -0.423 e. The molecule has 0 fully saturated rings. The van der Waals surface area contributed by atoms with Crippen LogP contribution in [0.25, 0.3) is 54.9 Å². The molecule has 0 radical (unpaired) electrons. The van der Waals surface area contributed by atoms with Crippen LogP contribution in [0, 0.1) is 0 Å². The van der Waals surface area contributed by atoms with Crippen LogP contribution in [-0.4, -0.2) is 17.2 Å². The molecule has 0 aliphatic heterocycles. The van der Waals surface area contributed by atoms with E-state index in [1.807, 2.05) is 12.1 Å². The van der Waals surface area contributed by atoms with Gasteiger partial charge < -0.3 is 10.0 Å². The van der Waals surface area contributed by atoms with E-state index in [-0.39, 0.29) is 0 Å². The molecule has 2 N–H and O–H groups in total. The smallest absolute Gasteiger partial charge is 0.423 e. The lowest BCUT2D eigenvalue weighted by atomic mass is 9.79. The molecule has 6 aromatic rings. The first kappa shape index (κ1) is 21.4. The van der Waals surface area contributed by atoms with Gasteiger partial charge in [-0.15, -0.1) is 0 Å². The van der Waals surface area contributed by atoms with Crippen LogP contribution in [0.1, 0.15) is 0 Å². The minimum atomic E-state index is -1.47. The summed E-state index contributed by atoms with van der Waals surface area (Å²) in [5.41, 5.74) is 7.42. The molecule has 35 heavy (non-hydrogen) atoms. The quantitative estimate of drug-likeness (QED) is 0.295. The zero-order valence-corrected chi connectivity index (χ0v) is 19.1. The maximum absolute atomic E-state index is 9.47. The number of fused-ring (bicyclic) bond motifs is 2. The fourth-order valence-electron chi connectivity index (χ4n) is 4.96. The van der Waals surface area contributed by atoms with Crippen molar-refractivity contribution in [3.63, 3.8) is 0 Å². The first-order valence-corrected chi connectivity index (χ1v) is 11.8. The summed E-state index contributed by atoms with van der Waals surface area (Å²) in [6.07, 6.45) is 0. The van der Waals surface area contributed by atoms with Crippen LogP contribution < -0.4 is 5.46 Å². The Kier molecular flexibility index (Phi) is 5.42. The van der Waals surface area contributed by atoms with Gasteiger partial charge in [0, 0.05) is 0 Å². The fraction of sp³-hybridized carbons (Fsp3) is 0. The van der Waals surface area contributed by atoms with Gasteiger partial charge >= 0.3 is 7.12 Å². The van der Waals surface area contributed by atoms with Crippen molar-refractivity contribution in [2.24, 2.45) is 0 Å². The van der Waals surface area contributed by atoms with Gasteiger partial charge in [0.05, 0.1) is 0 Å². The highest BCUT2D eigenvalue weighted by molar-refractivity contribution is 6.58. The lowest BCUT2D eigenvalue weighted by Gasteiger charge is -2.14. The molecule has 0 saturated carbocycles. The van der Waals surface area contributed by atoms with Crippen LogP contribution in [0.2, 0.25) is 0 Å². The molecule has 2 nitrogen and oxygen atoms in total. The Balaban J connectivity index is 1.47. The lowest BCUT2D eigenvalue weighted by molar-refractivity contribution is 0.426. The molecule has 0 unspecified atom stereocenters. The molecule has 0 saturated heterocycles. The van der Waals surface area contributed by atoms with Gasteiger partial charge in [0.15, 0.2) is 0 Å². The Morgan fingerprint density at radius 1 is 0.400 bits per heavy atom.